The molecule has 0 aromatic rings. The van der Waals surface area contributed by atoms with Crippen LogP contribution in [0.2, 0.25) is 0 Å². The van der Waals surface area contributed by atoms with Crippen molar-refractivity contribution in [2.45, 2.75) is 31.7 Å². The molecule has 0 aromatic heterocycles. The van der Waals surface area contributed by atoms with Crippen molar-refractivity contribution in [1.29, 1.82) is 0 Å². The van der Waals surface area contributed by atoms with E-state index in [1.165, 1.54) is 5.57 Å². The number of aliphatic hydroxyl groups excluding tert-OH is 1. The van der Waals surface area contributed by atoms with E-state index in [4.69, 9.17) is 4.74 Å². The molecule has 1 saturated heterocycles. The van der Waals surface area contributed by atoms with Gasteiger partial charge in [0.1, 0.15) is 6.29 Å². The van der Waals surface area contributed by atoms with Crippen LogP contribution >= 0.6 is 0 Å². The largest absolute Gasteiger partial charge is 0.368 e. The molecule has 1 heterocycles. The second-order valence-corrected chi connectivity index (χ2v) is 5.06. The minimum atomic E-state index is -0.654. The van der Waals surface area contributed by atoms with Gasteiger partial charge in [0.15, 0.2) is 6.29 Å². The molecular formula is C12H16O3. The molecule has 3 heteroatoms. The SMILES string of the molecule is C=C1CC[C@@H]2OC(O)[C@@H]3C[C@@H](C=O)[C@H]1[C@H]23. The number of carbonyl (C=O) groups excluding carboxylic acids is 1. The van der Waals surface area contributed by atoms with Crippen LogP contribution in [0.5, 0.6) is 0 Å². The predicted octanol–water partition coefficient (Wildman–Crippen LogP) is 1.12. The molecule has 1 aliphatic heterocycles. The Bertz CT molecular complexity index is 312. The molecule has 0 radical (unpaired) electrons. The maximum atomic E-state index is 11.0. The lowest BCUT2D eigenvalue weighted by Crippen LogP contribution is -2.32. The Morgan fingerprint density at radius 3 is 3.07 bits per heavy atom. The van der Waals surface area contributed by atoms with Gasteiger partial charge >= 0.3 is 0 Å². The third-order valence-corrected chi connectivity index (χ3v) is 4.42. The van der Waals surface area contributed by atoms with E-state index >= 15 is 0 Å². The van der Waals surface area contributed by atoms with Gasteiger partial charge in [0.05, 0.1) is 6.10 Å². The Labute approximate surface area is 89.1 Å². The molecule has 15 heavy (non-hydrogen) atoms. The average molecular weight is 208 g/mol. The summed E-state index contributed by atoms with van der Waals surface area (Å²) in [5, 5.41) is 9.78. The molecule has 1 unspecified atom stereocenters. The maximum Gasteiger partial charge on any atom is 0.158 e. The standard InChI is InChI=1S/C12H16O3/c1-6-2-3-9-11-8(12(14)15-9)4-7(5-13)10(6)11/h5,7-12,14H,1-4H2/t7-,8+,9-,10-,11-,12?/m0/s1. The molecule has 0 bridgehead atoms. The fourth-order valence-electron chi connectivity index (χ4n) is 3.82. The molecule has 0 aromatic carbocycles. The molecule has 2 aliphatic carbocycles. The van der Waals surface area contributed by atoms with Crippen LogP contribution < -0.4 is 0 Å². The zero-order chi connectivity index (χ0) is 10.6. The second-order valence-electron chi connectivity index (χ2n) is 5.06. The first-order chi connectivity index (χ1) is 7.22. The molecule has 3 rings (SSSR count). The van der Waals surface area contributed by atoms with Gasteiger partial charge in [0.2, 0.25) is 0 Å². The number of rotatable bonds is 1. The van der Waals surface area contributed by atoms with Gasteiger partial charge in [-0.2, -0.15) is 0 Å². The smallest absolute Gasteiger partial charge is 0.158 e. The Balaban J connectivity index is 1.96. The Hall–Kier alpha value is -0.670. The van der Waals surface area contributed by atoms with Crippen LogP contribution in [0.1, 0.15) is 19.3 Å². The summed E-state index contributed by atoms with van der Waals surface area (Å²) in [5.41, 5.74) is 1.19. The van der Waals surface area contributed by atoms with Crippen molar-refractivity contribution < 1.29 is 14.6 Å². The lowest BCUT2D eigenvalue weighted by molar-refractivity contribution is -0.122. The number of carbonyl (C=O) groups is 1. The topological polar surface area (TPSA) is 46.5 Å². The molecular weight excluding hydrogens is 192 g/mol. The molecule has 3 aliphatic rings. The molecule has 0 spiro atoms. The number of aldehydes is 1. The highest BCUT2D eigenvalue weighted by atomic mass is 16.6. The summed E-state index contributed by atoms with van der Waals surface area (Å²) in [7, 11) is 0. The van der Waals surface area contributed by atoms with Gasteiger partial charge in [-0.25, -0.2) is 0 Å². The molecule has 0 amide bonds. The summed E-state index contributed by atoms with van der Waals surface area (Å²) < 4.78 is 5.54. The van der Waals surface area contributed by atoms with Crippen LogP contribution in [0.25, 0.3) is 0 Å². The summed E-state index contributed by atoms with van der Waals surface area (Å²) in [6.45, 7) is 4.08. The van der Waals surface area contributed by atoms with Gasteiger partial charge in [-0.1, -0.05) is 12.2 Å². The summed E-state index contributed by atoms with van der Waals surface area (Å²) in [4.78, 5) is 11.0. The van der Waals surface area contributed by atoms with E-state index in [9.17, 15) is 9.90 Å². The molecule has 1 N–H and O–H groups in total. The van der Waals surface area contributed by atoms with Gasteiger partial charge < -0.3 is 14.6 Å². The molecule has 6 atom stereocenters. The summed E-state index contributed by atoms with van der Waals surface area (Å²) in [5.74, 6) is 0.834. The summed E-state index contributed by atoms with van der Waals surface area (Å²) in [6.07, 6.45) is 3.22. The number of hydrogen-bond donors (Lipinski definition) is 1. The first-order valence-electron chi connectivity index (χ1n) is 5.69. The van der Waals surface area contributed by atoms with Crippen LogP contribution in [-0.2, 0) is 9.53 Å². The predicted molar refractivity (Wildman–Crippen MR) is 53.9 cm³/mol. The van der Waals surface area contributed by atoms with Gasteiger partial charge in [-0.05, 0) is 25.2 Å². The summed E-state index contributed by atoms with van der Waals surface area (Å²) in [6, 6.07) is 0. The van der Waals surface area contributed by atoms with Crippen molar-refractivity contribution in [1.82, 2.24) is 0 Å². The van der Waals surface area contributed by atoms with Crippen LogP contribution in [-0.4, -0.2) is 23.8 Å². The minimum Gasteiger partial charge on any atom is -0.368 e. The van der Waals surface area contributed by atoms with Crippen LogP contribution in [0.3, 0.4) is 0 Å². The Morgan fingerprint density at radius 1 is 1.53 bits per heavy atom. The first kappa shape index (κ1) is 9.55. The van der Waals surface area contributed by atoms with E-state index in [1.54, 1.807) is 0 Å². The quantitative estimate of drug-likeness (QED) is 0.519. The van der Waals surface area contributed by atoms with Crippen molar-refractivity contribution in [3.05, 3.63) is 12.2 Å². The maximum absolute atomic E-state index is 11.0. The Kier molecular flexibility index (Phi) is 2.01. The van der Waals surface area contributed by atoms with Crippen molar-refractivity contribution in [3.63, 3.8) is 0 Å². The van der Waals surface area contributed by atoms with E-state index < -0.39 is 6.29 Å². The van der Waals surface area contributed by atoms with Gasteiger partial charge in [-0.15, -0.1) is 0 Å². The van der Waals surface area contributed by atoms with E-state index in [0.717, 1.165) is 25.5 Å². The van der Waals surface area contributed by atoms with E-state index in [2.05, 4.69) is 6.58 Å². The first-order valence-corrected chi connectivity index (χ1v) is 5.69. The lowest BCUT2D eigenvalue weighted by Gasteiger charge is -2.33. The average Bonchev–Trinajstić information content (AvgIpc) is 2.74. The van der Waals surface area contributed by atoms with Crippen LogP contribution in [0, 0.1) is 23.7 Å². The highest BCUT2D eigenvalue weighted by molar-refractivity contribution is 5.56. The fraction of sp³-hybridized carbons (Fsp3) is 0.750. The zero-order valence-electron chi connectivity index (χ0n) is 8.63. The van der Waals surface area contributed by atoms with Crippen molar-refractivity contribution in [2.75, 3.05) is 0 Å². The van der Waals surface area contributed by atoms with Crippen molar-refractivity contribution >= 4 is 6.29 Å². The number of ether oxygens (including phenoxy) is 1. The molecule has 82 valence electrons. The van der Waals surface area contributed by atoms with E-state index in [0.29, 0.717) is 5.92 Å². The highest BCUT2D eigenvalue weighted by Gasteiger charge is 2.57. The third-order valence-electron chi connectivity index (χ3n) is 4.42. The molecule has 3 nitrogen and oxygen atoms in total. The van der Waals surface area contributed by atoms with Crippen molar-refractivity contribution in [2.24, 2.45) is 23.7 Å². The zero-order valence-corrected chi connectivity index (χ0v) is 8.63. The number of aliphatic hydroxyl groups is 1. The number of allylic oxidation sites excluding steroid dienone is 1. The van der Waals surface area contributed by atoms with Gasteiger partial charge in [0, 0.05) is 17.8 Å². The molecule has 2 saturated carbocycles. The van der Waals surface area contributed by atoms with E-state index in [1.807, 2.05) is 0 Å². The van der Waals surface area contributed by atoms with Gasteiger partial charge in [0.25, 0.3) is 0 Å². The highest BCUT2D eigenvalue weighted by Crippen LogP contribution is 2.56. The fourth-order valence-corrected chi connectivity index (χ4v) is 3.82. The second kappa shape index (κ2) is 3.16. The van der Waals surface area contributed by atoms with Crippen molar-refractivity contribution in [3.8, 4) is 0 Å². The van der Waals surface area contributed by atoms with Crippen LogP contribution in [0.15, 0.2) is 12.2 Å². The monoisotopic (exact) mass is 208 g/mol. The molecule has 3 fully saturated rings. The van der Waals surface area contributed by atoms with Gasteiger partial charge in [-0.3, -0.25) is 0 Å². The Morgan fingerprint density at radius 2 is 2.33 bits per heavy atom. The van der Waals surface area contributed by atoms with Crippen LogP contribution in [0.4, 0.5) is 0 Å². The third kappa shape index (κ3) is 1.16. The van der Waals surface area contributed by atoms with E-state index in [-0.39, 0.29) is 23.9 Å². The summed E-state index contributed by atoms with van der Waals surface area (Å²) >= 11 is 0. The number of hydrogen-bond acceptors (Lipinski definition) is 3. The minimum absolute atomic E-state index is 0.0637. The normalized spacial score (nSPS) is 53.0. The lowest BCUT2D eigenvalue weighted by atomic mass is 9.73.